The smallest absolute Gasteiger partial charge is 0.191 e. The van der Waals surface area contributed by atoms with Crippen LogP contribution in [0.15, 0.2) is 23.2 Å². The highest BCUT2D eigenvalue weighted by Crippen LogP contribution is 2.12. The van der Waals surface area contributed by atoms with Gasteiger partial charge in [-0.15, -0.1) is 0 Å². The molecule has 0 aliphatic carbocycles. The molecule has 1 aliphatic rings. The van der Waals surface area contributed by atoms with Crippen molar-refractivity contribution < 1.29 is 4.74 Å². The van der Waals surface area contributed by atoms with Crippen molar-refractivity contribution in [1.29, 1.82) is 0 Å². The van der Waals surface area contributed by atoms with Crippen LogP contribution in [-0.4, -0.2) is 38.3 Å². The van der Waals surface area contributed by atoms with Gasteiger partial charge in [-0.05, 0) is 51.2 Å². The zero-order chi connectivity index (χ0) is 15.8. The molecule has 1 fully saturated rings. The van der Waals surface area contributed by atoms with E-state index in [1.165, 1.54) is 16.7 Å². The van der Waals surface area contributed by atoms with E-state index < -0.39 is 0 Å². The summed E-state index contributed by atoms with van der Waals surface area (Å²) in [5, 5.41) is 6.72. The fraction of sp³-hybridized carbons (Fsp3) is 0.611. The highest BCUT2D eigenvalue weighted by molar-refractivity contribution is 5.79. The van der Waals surface area contributed by atoms with Gasteiger partial charge in [0.15, 0.2) is 5.96 Å². The number of benzene rings is 1. The van der Waals surface area contributed by atoms with Crippen LogP contribution in [0.5, 0.6) is 0 Å². The fourth-order valence-electron chi connectivity index (χ4n) is 2.77. The average Bonchev–Trinajstić information content (AvgIpc) is 3.00. The maximum absolute atomic E-state index is 5.62. The fourth-order valence-corrected chi connectivity index (χ4v) is 2.77. The predicted octanol–water partition coefficient (Wildman–Crippen LogP) is 2.58. The van der Waals surface area contributed by atoms with Gasteiger partial charge in [-0.1, -0.05) is 23.8 Å². The molecule has 2 N–H and O–H groups in total. The lowest BCUT2D eigenvalue weighted by Gasteiger charge is -2.13. The summed E-state index contributed by atoms with van der Waals surface area (Å²) >= 11 is 0. The van der Waals surface area contributed by atoms with E-state index in [1.807, 2.05) is 0 Å². The van der Waals surface area contributed by atoms with E-state index in [4.69, 9.17) is 4.74 Å². The van der Waals surface area contributed by atoms with Gasteiger partial charge in [0.1, 0.15) is 0 Å². The standard InChI is InChI=1S/C18H29N3O/c1-4-19-18(21-13-17-6-5-11-22-17)20-10-9-16-8-7-14(2)12-15(16)3/h7-8,12,17H,4-6,9-11,13H2,1-3H3,(H2,19,20,21). The molecule has 1 aromatic carbocycles. The third kappa shape index (κ3) is 5.34. The molecule has 4 nitrogen and oxygen atoms in total. The predicted molar refractivity (Wildman–Crippen MR) is 92.6 cm³/mol. The average molecular weight is 303 g/mol. The molecular weight excluding hydrogens is 274 g/mol. The lowest BCUT2D eigenvalue weighted by Crippen LogP contribution is -2.39. The van der Waals surface area contributed by atoms with Crippen LogP contribution in [0, 0.1) is 13.8 Å². The van der Waals surface area contributed by atoms with Crippen LogP contribution < -0.4 is 10.6 Å². The van der Waals surface area contributed by atoms with Crippen molar-refractivity contribution in [2.45, 2.75) is 46.1 Å². The zero-order valence-electron chi connectivity index (χ0n) is 14.1. The van der Waals surface area contributed by atoms with Gasteiger partial charge in [-0.2, -0.15) is 0 Å². The summed E-state index contributed by atoms with van der Waals surface area (Å²) in [5.74, 6) is 0.891. The summed E-state index contributed by atoms with van der Waals surface area (Å²) in [6, 6.07) is 6.65. The summed E-state index contributed by atoms with van der Waals surface area (Å²) in [7, 11) is 0. The number of nitrogens with one attached hydrogen (secondary N) is 2. The number of aryl methyl sites for hydroxylation is 2. The highest BCUT2D eigenvalue weighted by atomic mass is 16.5. The van der Waals surface area contributed by atoms with Gasteiger partial charge in [0.05, 0.1) is 12.6 Å². The Morgan fingerprint density at radius 2 is 2.18 bits per heavy atom. The Hall–Kier alpha value is -1.55. The first-order valence-corrected chi connectivity index (χ1v) is 8.39. The molecular formula is C18H29N3O. The lowest BCUT2D eigenvalue weighted by molar-refractivity contribution is 0.117. The zero-order valence-corrected chi connectivity index (χ0v) is 14.1. The first kappa shape index (κ1) is 16.8. The van der Waals surface area contributed by atoms with Gasteiger partial charge in [-0.3, -0.25) is 4.99 Å². The first-order chi connectivity index (χ1) is 10.7. The quantitative estimate of drug-likeness (QED) is 0.627. The number of nitrogens with zero attached hydrogens (tertiary/aromatic N) is 1. The molecule has 0 saturated carbocycles. The molecule has 0 aromatic heterocycles. The van der Waals surface area contributed by atoms with E-state index in [-0.39, 0.29) is 0 Å². The molecule has 122 valence electrons. The van der Waals surface area contributed by atoms with Crippen molar-refractivity contribution >= 4 is 5.96 Å². The number of hydrogen-bond donors (Lipinski definition) is 2. The van der Waals surface area contributed by atoms with Crippen LogP contribution in [0.1, 0.15) is 36.5 Å². The van der Waals surface area contributed by atoms with E-state index in [1.54, 1.807) is 0 Å². The highest BCUT2D eigenvalue weighted by Gasteiger charge is 2.14. The normalized spacial score (nSPS) is 18.5. The van der Waals surface area contributed by atoms with Crippen molar-refractivity contribution in [3.8, 4) is 0 Å². The molecule has 1 atom stereocenters. The van der Waals surface area contributed by atoms with Crippen LogP contribution in [0.25, 0.3) is 0 Å². The third-order valence-corrected chi connectivity index (χ3v) is 4.01. The summed E-state index contributed by atoms with van der Waals surface area (Å²) in [4.78, 5) is 4.63. The monoisotopic (exact) mass is 303 g/mol. The van der Waals surface area contributed by atoms with Crippen LogP contribution >= 0.6 is 0 Å². The second-order valence-corrected chi connectivity index (χ2v) is 5.96. The topological polar surface area (TPSA) is 45.7 Å². The van der Waals surface area contributed by atoms with E-state index in [2.05, 4.69) is 54.6 Å². The Morgan fingerprint density at radius 3 is 2.86 bits per heavy atom. The summed E-state index contributed by atoms with van der Waals surface area (Å²) in [5.41, 5.74) is 4.08. The lowest BCUT2D eigenvalue weighted by atomic mass is 10.0. The summed E-state index contributed by atoms with van der Waals surface area (Å²) in [6.07, 6.45) is 3.61. The van der Waals surface area contributed by atoms with Gasteiger partial charge in [0.2, 0.25) is 0 Å². The largest absolute Gasteiger partial charge is 0.376 e. The van der Waals surface area contributed by atoms with E-state index in [9.17, 15) is 0 Å². The SMILES string of the molecule is CCNC(=NCC1CCCO1)NCCc1ccc(C)cc1C. The maximum atomic E-state index is 5.62. The number of aliphatic imine (C=N–C) groups is 1. The maximum Gasteiger partial charge on any atom is 0.191 e. The minimum atomic E-state index is 0.301. The Morgan fingerprint density at radius 1 is 1.32 bits per heavy atom. The van der Waals surface area contributed by atoms with Crippen molar-refractivity contribution in [2.24, 2.45) is 4.99 Å². The number of ether oxygens (including phenoxy) is 1. The van der Waals surface area contributed by atoms with E-state index >= 15 is 0 Å². The number of rotatable bonds is 6. The minimum absolute atomic E-state index is 0.301. The second-order valence-electron chi connectivity index (χ2n) is 5.96. The molecule has 1 saturated heterocycles. The van der Waals surface area contributed by atoms with Gasteiger partial charge in [0.25, 0.3) is 0 Å². The molecule has 0 radical (unpaired) electrons. The Balaban J connectivity index is 1.81. The molecule has 1 aromatic rings. The molecule has 1 heterocycles. The second kappa shape index (κ2) is 8.79. The van der Waals surface area contributed by atoms with Crippen LogP contribution in [0.3, 0.4) is 0 Å². The van der Waals surface area contributed by atoms with Crippen LogP contribution in [0.4, 0.5) is 0 Å². The van der Waals surface area contributed by atoms with Crippen LogP contribution in [-0.2, 0) is 11.2 Å². The molecule has 2 rings (SSSR count). The summed E-state index contributed by atoms with van der Waals surface area (Å²) in [6.45, 7) is 9.81. The number of guanidine groups is 1. The van der Waals surface area contributed by atoms with Crippen molar-refractivity contribution in [2.75, 3.05) is 26.2 Å². The molecule has 4 heteroatoms. The molecule has 0 amide bonds. The molecule has 0 spiro atoms. The summed E-state index contributed by atoms with van der Waals surface area (Å²) < 4.78 is 5.62. The van der Waals surface area contributed by atoms with E-state index in [0.717, 1.165) is 51.5 Å². The van der Waals surface area contributed by atoms with Gasteiger partial charge >= 0.3 is 0 Å². The molecule has 0 bridgehead atoms. The van der Waals surface area contributed by atoms with Crippen molar-refractivity contribution in [3.05, 3.63) is 34.9 Å². The molecule has 1 aliphatic heterocycles. The van der Waals surface area contributed by atoms with Gasteiger partial charge in [0, 0.05) is 19.7 Å². The molecule has 22 heavy (non-hydrogen) atoms. The van der Waals surface area contributed by atoms with Crippen molar-refractivity contribution in [1.82, 2.24) is 10.6 Å². The third-order valence-electron chi connectivity index (χ3n) is 4.01. The Bertz CT molecular complexity index is 493. The van der Waals surface area contributed by atoms with Crippen molar-refractivity contribution in [3.63, 3.8) is 0 Å². The van der Waals surface area contributed by atoms with Gasteiger partial charge in [-0.25, -0.2) is 0 Å². The minimum Gasteiger partial charge on any atom is -0.376 e. The number of hydrogen-bond acceptors (Lipinski definition) is 2. The Labute approximate surface area is 134 Å². The van der Waals surface area contributed by atoms with Crippen LogP contribution in [0.2, 0.25) is 0 Å². The first-order valence-electron chi connectivity index (χ1n) is 8.39. The van der Waals surface area contributed by atoms with Gasteiger partial charge < -0.3 is 15.4 Å². The molecule has 1 unspecified atom stereocenters. The van der Waals surface area contributed by atoms with E-state index in [0.29, 0.717) is 6.10 Å². The Kier molecular flexibility index (Phi) is 6.72.